The summed E-state index contributed by atoms with van der Waals surface area (Å²) in [5.74, 6) is 0.753. The molecule has 0 amide bonds. The molecule has 1 N–H and O–H groups in total. The summed E-state index contributed by atoms with van der Waals surface area (Å²) in [7, 11) is 2.33. The molecule has 0 saturated carbocycles. The van der Waals surface area contributed by atoms with Crippen molar-refractivity contribution in [1.29, 1.82) is 0 Å². The van der Waals surface area contributed by atoms with Crippen molar-refractivity contribution in [3.8, 4) is 0 Å². The maximum absolute atomic E-state index is 3.60. The summed E-state index contributed by atoms with van der Waals surface area (Å²) in [6, 6.07) is 2.34. The van der Waals surface area contributed by atoms with Gasteiger partial charge in [-0.15, -0.1) is 0 Å². The van der Waals surface area contributed by atoms with Gasteiger partial charge < -0.3 is 5.32 Å². The van der Waals surface area contributed by atoms with Gasteiger partial charge in [-0.25, -0.2) is 0 Å². The Kier molecular flexibility index (Phi) is 5.05. The second-order valence-corrected chi connectivity index (χ2v) is 6.74. The molecular formula is C15H31N3. The predicted molar refractivity (Wildman–Crippen MR) is 77.9 cm³/mol. The van der Waals surface area contributed by atoms with Crippen LogP contribution in [0.15, 0.2) is 0 Å². The van der Waals surface area contributed by atoms with Crippen LogP contribution >= 0.6 is 0 Å². The molecule has 0 aromatic rings. The monoisotopic (exact) mass is 253 g/mol. The molecule has 3 unspecified atom stereocenters. The number of nitrogens with zero attached hydrogens (tertiary/aromatic N) is 2. The Morgan fingerprint density at radius 2 is 1.78 bits per heavy atom. The molecule has 3 nitrogen and oxygen atoms in total. The van der Waals surface area contributed by atoms with Crippen molar-refractivity contribution in [3.63, 3.8) is 0 Å². The van der Waals surface area contributed by atoms with Crippen molar-refractivity contribution in [3.05, 3.63) is 0 Å². The first-order chi connectivity index (χ1) is 8.58. The van der Waals surface area contributed by atoms with Crippen molar-refractivity contribution in [2.45, 2.75) is 58.2 Å². The minimum Gasteiger partial charge on any atom is -0.315 e. The zero-order valence-electron chi connectivity index (χ0n) is 12.7. The van der Waals surface area contributed by atoms with Crippen molar-refractivity contribution in [2.24, 2.45) is 5.92 Å². The first-order valence-electron chi connectivity index (χ1n) is 7.74. The highest BCUT2D eigenvalue weighted by Crippen LogP contribution is 2.28. The Labute approximate surface area is 113 Å². The van der Waals surface area contributed by atoms with Crippen LogP contribution in [-0.2, 0) is 0 Å². The summed E-state index contributed by atoms with van der Waals surface area (Å²) >= 11 is 0. The Morgan fingerprint density at radius 3 is 2.50 bits per heavy atom. The minimum absolute atomic E-state index is 0.677. The minimum atomic E-state index is 0.677. The van der Waals surface area contributed by atoms with E-state index in [1.165, 1.54) is 32.4 Å². The molecule has 106 valence electrons. The van der Waals surface area contributed by atoms with Crippen LogP contribution in [0.4, 0.5) is 0 Å². The normalized spacial score (nSPS) is 31.8. The van der Waals surface area contributed by atoms with Crippen LogP contribution in [0.2, 0.25) is 0 Å². The Hall–Kier alpha value is -0.120. The van der Waals surface area contributed by atoms with Crippen LogP contribution in [0, 0.1) is 5.92 Å². The van der Waals surface area contributed by atoms with Crippen molar-refractivity contribution < 1.29 is 0 Å². The van der Waals surface area contributed by atoms with E-state index in [9.17, 15) is 0 Å². The molecule has 2 aliphatic rings. The van der Waals surface area contributed by atoms with E-state index in [0.29, 0.717) is 6.04 Å². The molecule has 2 aliphatic heterocycles. The highest BCUT2D eigenvalue weighted by atomic mass is 15.3. The van der Waals surface area contributed by atoms with Crippen molar-refractivity contribution in [2.75, 3.05) is 33.2 Å². The lowest BCUT2D eigenvalue weighted by molar-refractivity contribution is 0.177. The molecule has 2 bridgehead atoms. The van der Waals surface area contributed by atoms with Crippen molar-refractivity contribution >= 4 is 0 Å². The second kappa shape index (κ2) is 6.36. The summed E-state index contributed by atoms with van der Waals surface area (Å²) < 4.78 is 0. The molecule has 0 radical (unpaired) electrons. The molecule has 0 aromatic carbocycles. The van der Waals surface area contributed by atoms with Crippen LogP contribution in [0.3, 0.4) is 0 Å². The van der Waals surface area contributed by atoms with Gasteiger partial charge in [0.25, 0.3) is 0 Å². The van der Waals surface area contributed by atoms with Gasteiger partial charge in [0.1, 0.15) is 0 Å². The van der Waals surface area contributed by atoms with Gasteiger partial charge in [-0.1, -0.05) is 13.8 Å². The summed E-state index contributed by atoms with van der Waals surface area (Å²) in [5.41, 5.74) is 0. The number of likely N-dealkylation sites (tertiary alicyclic amines) is 1. The number of fused-ring (bicyclic) bond motifs is 2. The maximum Gasteiger partial charge on any atom is 0.0223 e. The van der Waals surface area contributed by atoms with Crippen LogP contribution in [0.25, 0.3) is 0 Å². The summed E-state index contributed by atoms with van der Waals surface area (Å²) in [5, 5.41) is 3.60. The van der Waals surface area contributed by atoms with E-state index in [1.54, 1.807) is 0 Å². The lowest BCUT2D eigenvalue weighted by Crippen LogP contribution is -2.45. The van der Waals surface area contributed by atoms with Crippen LogP contribution in [-0.4, -0.2) is 61.2 Å². The van der Waals surface area contributed by atoms with Gasteiger partial charge in [-0.2, -0.15) is 0 Å². The van der Waals surface area contributed by atoms with Gasteiger partial charge in [0.2, 0.25) is 0 Å². The third-order valence-electron chi connectivity index (χ3n) is 4.80. The standard InChI is InChI=1S/C15H31N3/c1-12(2)9-16-10-13(3)18-8-7-14-5-6-15(11-18)17(14)4/h12-16H,5-11H2,1-4H3. The average Bonchev–Trinajstić information content (AvgIpc) is 2.52. The number of likely N-dealkylation sites (N-methyl/N-ethyl adjacent to an activating group) is 1. The lowest BCUT2D eigenvalue weighted by Gasteiger charge is -2.31. The molecule has 0 aliphatic carbocycles. The first kappa shape index (κ1) is 14.3. The molecule has 3 heteroatoms. The van der Waals surface area contributed by atoms with Gasteiger partial charge >= 0.3 is 0 Å². The molecule has 3 atom stereocenters. The molecule has 0 aromatic heterocycles. The number of nitrogens with one attached hydrogen (secondary N) is 1. The topological polar surface area (TPSA) is 18.5 Å². The first-order valence-corrected chi connectivity index (χ1v) is 7.74. The predicted octanol–water partition coefficient (Wildman–Crippen LogP) is 1.79. The molecule has 2 fully saturated rings. The van der Waals surface area contributed by atoms with Gasteiger partial charge in [0.05, 0.1) is 0 Å². The lowest BCUT2D eigenvalue weighted by atomic mass is 10.1. The van der Waals surface area contributed by atoms with E-state index in [4.69, 9.17) is 0 Å². The largest absolute Gasteiger partial charge is 0.315 e. The maximum atomic E-state index is 3.60. The van der Waals surface area contributed by atoms with Gasteiger partial charge in [-0.3, -0.25) is 9.80 Å². The fourth-order valence-corrected chi connectivity index (χ4v) is 3.45. The molecule has 18 heavy (non-hydrogen) atoms. The van der Waals surface area contributed by atoms with Crippen LogP contribution < -0.4 is 5.32 Å². The number of hydrogen-bond donors (Lipinski definition) is 1. The van der Waals surface area contributed by atoms with E-state index in [0.717, 1.165) is 31.1 Å². The van der Waals surface area contributed by atoms with E-state index >= 15 is 0 Å². The third kappa shape index (κ3) is 3.46. The summed E-state index contributed by atoms with van der Waals surface area (Å²) in [6.45, 7) is 11.8. The summed E-state index contributed by atoms with van der Waals surface area (Å²) in [6.07, 6.45) is 4.19. The van der Waals surface area contributed by atoms with Gasteiger partial charge in [0.15, 0.2) is 0 Å². The fourth-order valence-electron chi connectivity index (χ4n) is 3.45. The average molecular weight is 253 g/mol. The third-order valence-corrected chi connectivity index (χ3v) is 4.80. The molecule has 0 spiro atoms. The number of hydrogen-bond acceptors (Lipinski definition) is 3. The second-order valence-electron chi connectivity index (χ2n) is 6.74. The highest BCUT2D eigenvalue weighted by molar-refractivity contribution is 4.92. The SMILES string of the molecule is CC(C)CNCC(C)N1CCC2CCC(C1)N2C. The molecule has 2 rings (SSSR count). The van der Waals surface area contributed by atoms with E-state index < -0.39 is 0 Å². The zero-order chi connectivity index (χ0) is 13.1. The zero-order valence-corrected chi connectivity index (χ0v) is 12.7. The van der Waals surface area contributed by atoms with Crippen molar-refractivity contribution in [1.82, 2.24) is 15.1 Å². The Bertz CT molecular complexity index is 254. The fraction of sp³-hybridized carbons (Fsp3) is 1.00. The van der Waals surface area contributed by atoms with E-state index in [1.807, 2.05) is 0 Å². The van der Waals surface area contributed by atoms with E-state index in [2.05, 4.69) is 42.9 Å². The highest BCUT2D eigenvalue weighted by Gasteiger charge is 2.35. The van der Waals surface area contributed by atoms with E-state index in [-0.39, 0.29) is 0 Å². The molecule has 2 heterocycles. The van der Waals surface area contributed by atoms with Crippen LogP contribution in [0.5, 0.6) is 0 Å². The van der Waals surface area contributed by atoms with Gasteiger partial charge in [0, 0.05) is 37.8 Å². The molecule has 2 saturated heterocycles. The van der Waals surface area contributed by atoms with Crippen LogP contribution in [0.1, 0.15) is 40.0 Å². The smallest absolute Gasteiger partial charge is 0.0223 e. The quantitative estimate of drug-likeness (QED) is 0.806. The molecular weight excluding hydrogens is 222 g/mol. The van der Waals surface area contributed by atoms with Gasteiger partial charge in [-0.05, 0) is 45.7 Å². The Morgan fingerprint density at radius 1 is 1.06 bits per heavy atom. The number of rotatable bonds is 5. The Balaban J connectivity index is 1.78. The summed E-state index contributed by atoms with van der Waals surface area (Å²) in [4.78, 5) is 5.34.